The lowest BCUT2D eigenvalue weighted by atomic mass is 10.1. The summed E-state index contributed by atoms with van der Waals surface area (Å²) in [5, 5.41) is 18.1. The highest BCUT2D eigenvalue weighted by molar-refractivity contribution is 7.99. The molecule has 5 aromatic rings. The van der Waals surface area contributed by atoms with Gasteiger partial charge >= 0.3 is 0 Å². The molecule has 0 aliphatic carbocycles. The minimum Gasteiger partial charge on any atom is -0.360 e. The van der Waals surface area contributed by atoms with Crippen LogP contribution in [-0.4, -0.2) is 41.2 Å². The molecule has 9 heteroatoms. The van der Waals surface area contributed by atoms with E-state index in [2.05, 4.69) is 50.7 Å². The van der Waals surface area contributed by atoms with E-state index in [-0.39, 0.29) is 11.7 Å². The van der Waals surface area contributed by atoms with Crippen LogP contribution in [0.25, 0.3) is 28.0 Å². The van der Waals surface area contributed by atoms with E-state index in [0.717, 1.165) is 50.6 Å². The first kappa shape index (κ1) is 22.0. The number of aromatic amines is 1. The summed E-state index contributed by atoms with van der Waals surface area (Å²) in [5.41, 5.74) is 6.55. The Balaban J connectivity index is 1.48. The number of hydrogen-bond donors (Lipinski definition) is 2. The van der Waals surface area contributed by atoms with E-state index in [4.69, 9.17) is 0 Å². The molecule has 0 aliphatic rings. The second-order valence-corrected chi connectivity index (χ2v) is 9.18. The number of para-hydroxylation sites is 1. The van der Waals surface area contributed by atoms with Crippen LogP contribution in [0.2, 0.25) is 0 Å². The molecule has 3 heterocycles. The standard InChI is InChI=1S/C25H25N7OS/c1-15-8-7-9-18(12-15)32-24(20-13-26-21-11-6-5-10-19(20)21)28-29-25(32)34-14-22(33)27-23-16(2)30-31(4)17(23)3/h5-13,26H,14H2,1-4H3,(H,27,33). The zero-order chi connectivity index (χ0) is 23.8. The fraction of sp³-hybridized carbons (Fsp3) is 0.200. The quantitative estimate of drug-likeness (QED) is 0.347. The number of fused-ring (bicyclic) bond motifs is 1. The van der Waals surface area contributed by atoms with Crippen LogP contribution in [0.3, 0.4) is 0 Å². The van der Waals surface area contributed by atoms with Crippen LogP contribution in [0, 0.1) is 20.8 Å². The molecule has 172 valence electrons. The topological polar surface area (TPSA) is 93.4 Å². The van der Waals surface area contributed by atoms with Crippen molar-refractivity contribution in [1.82, 2.24) is 29.5 Å². The molecule has 8 nitrogen and oxygen atoms in total. The number of carbonyl (C=O) groups is 1. The maximum Gasteiger partial charge on any atom is 0.234 e. The lowest BCUT2D eigenvalue weighted by Crippen LogP contribution is -2.15. The third-order valence-electron chi connectivity index (χ3n) is 5.83. The molecular weight excluding hydrogens is 446 g/mol. The lowest BCUT2D eigenvalue weighted by Gasteiger charge is -2.11. The van der Waals surface area contributed by atoms with E-state index in [0.29, 0.717) is 5.16 Å². The van der Waals surface area contributed by atoms with Gasteiger partial charge in [-0.15, -0.1) is 10.2 Å². The van der Waals surface area contributed by atoms with Gasteiger partial charge in [-0.1, -0.05) is 42.1 Å². The number of thioether (sulfide) groups is 1. The van der Waals surface area contributed by atoms with Gasteiger partial charge < -0.3 is 10.3 Å². The molecule has 0 atom stereocenters. The predicted molar refractivity (Wildman–Crippen MR) is 135 cm³/mol. The average molecular weight is 472 g/mol. The second kappa shape index (κ2) is 8.83. The minimum atomic E-state index is -0.114. The molecule has 0 spiro atoms. The van der Waals surface area contributed by atoms with Crippen molar-refractivity contribution in [2.45, 2.75) is 25.9 Å². The van der Waals surface area contributed by atoms with Crippen molar-refractivity contribution in [2.24, 2.45) is 7.05 Å². The average Bonchev–Trinajstić information content (AvgIpc) is 3.50. The van der Waals surface area contributed by atoms with Crippen LogP contribution in [0.15, 0.2) is 59.9 Å². The molecule has 1 amide bonds. The molecule has 3 aromatic heterocycles. The molecule has 2 N–H and O–H groups in total. The van der Waals surface area contributed by atoms with Crippen molar-refractivity contribution in [3.05, 3.63) is 71.7 Å². The zero-order valence-corrected chi connectivity index (χ0v) is 20.3. The number of rotatable bonds is 6. The number of nitrogens with one attached hydrogen (secondary N) is 2. The van der Waals surface area contributed by atoms with Crippen molar-refractivity contribution < 1.29 is 4.79 Å². The van der Waals surface area contributed by atoms with Gasteiger partial charge in [0.2, 0.25) is 5.91 Å². The number of nitrogens with zero attached hydrogens (tertiary/aromatic N) is 5. The molecular formula is C25H25N7OS. The SMILES string of the molecule is Cc1cccc(-n2c(SCC(=O)Nc3c(C)nn(C)c3C)nnc2-c2c[nH]c3ccccc23)c1. The summed E-state index contributed by atoms with van der Waals surface area (Å²) >= 11 is 1.36. The van der Waals surface area contributed by atoms with E-state index in [1.165, 1.54) is 11.8 Å². The first-order valence-electron chi connectivity index (χ1n) is 10.9. The molecule has 0 aliphatic heterocycles. The number of benzene rings is 2. The predicted octanol–water partition coefficient (Wildman–Crippen LogP) is 4.81. The smallest absolute Gasteiger partial charge is 0.234 e. The summed E-state index contributed by atoms with van der Waals surface area (Å²) < 4.78 is 3.78. The number of anilines is 1. The van der Waals surface area contributed by atoms with Crippen molar-refractivity contribution in [1.29, 1.82) is 0 Å². The van der Waals surface area contributed by atoms with Gasteiger partial charge in [0.15, 0.2) is 11.0 Å². The highest BCUT2D eigenvalue weighted by atomic mass is 32.2. The fourth-order valence-corrected chi connectivity index (χ4v) is 4.81. The fourth-order valence-electron chi connectivity index (χ4n) is 4.05. The van der Waals surface area contributed by atoms with Gasteiger partial charge in [-0.05, 0) is 44.5 Å². The van der Waals surface area contributed by atoms with Crippen LogP contribution < -0.4 is 5.32 Å². The molecule has 0 fully saturated rings. The summed E-state index contributed by atoms with van der Waals surface area (Å²) in [7, 11) is 1.86. The Labute approximate surface area is 201 Å². The Kier molecular flexibility index (Phi) is 5.70. The molecule has 0 saturated carbocycles. The third-order valence-corrected chi connectivity index (χ3v) is 6.76. The van der Waals surface area contributed by atoms with Gasteiger partial charge in [-0.25, -0.2) is 0 Å². The monoisotopic (exact) mass is 471 g/mol. The number of amides is 1. The maximum atomic E-state index is 12.8. The van der Waals surface area contributed by atoms with E-state index in [9.17, 15) is 4.79 Å². The number of hydrogen-bond acceptors (Lipinski definition) is 5. The third kappa shape index (κ3) is 3.99. The number of carbonyl (C=O) groups excluding carboxylic acids is 1. The van der Waals surface area contributed by atoms with Gasteiger partial charge in [0.25, 0.3) is 0 Å². The van der Waals surface area contributed by atoms with E-state index >= 15 is 0 Å². The van der Waals surface area contributed by atoms with E-state index in [1.807, 2.05) is 62.0 Å². The maximum absolute atomic E-state index is 12.8. The summed E-state index contributed by atoms with van der Waals surface area (Å²) in [5.74, 6) is 0.813. The van der Waals surface area contributed by atoms with Crippen molar-refractivity contribution >= 4 is 34.3 Å². The van der Waals surface area contributed by atoms with E-state index < -0.39 is 0 Å². The van der Waals surface area contributed by atoms with Crippen LogP contribution in [0.4, 0.5) is 5.69 Å². The molecule has 34 heavy (non-hydrogen) atoms. The Bertz CT molecular complexity index is 1510. The van der Waals surface area contributed by atoms with Gasteiger partial charge in [-0.2, -0.15) is 5.10 Å². The zero-order valence-electron chi connectivity index (χ0n) is 19.5. The highest BCUT2D eigenvalue weighted by Crippen LogP contribution is 2.32. The first-order chi connectivity index (χ1) is 16.4. The Morgan fingerprint density at radius 2 is 1.91 bits per heavy atom. The Morgan fingerprint density at radius 3 is 2.68 bits per heavy atom. The molecule has 0 bridgehead atoms. The molecule has 2 aromatic carbocycles. The second-order valence-electron chi connectivity index (χ2n) is 8.23. The molecule has 0 saturated heterocycles. The number of aromatic nitrogens is 6. The van der Waals surface area contributed by atoms with Crippen molar-refractivity contribution in [3.63, 3.8) is 0 Å². The summed E-state index contributed by atoms with van der Waals surface area (Å²) in [6.45, 7) is 5.88. The molecule has 5 rings (SSSR count). The highest BCUT2D eigenvalue weighted by Gasteiger charge is 2.20. The molecule has 0 radical (unpaired) electrons. The van der Waals surface area contributed by atoms with Crippen molar-refractivity contribution in [2.75, 3.05) is 11.1 Å². The van der Waals surface area contributed by atoms with Crippen LogP contribution in [0.5, 0.6) is 0 Å². The summed E-state index contributed by atoms with van der Waals surface area (Å²) in [6, 6.07) is 16.3. The van der Waals surface area contributed by atoms with E-state index in [1.54, 1.807) is 4.68 Å². The van der Waals surface area contributed by atoms with Crippen LogP contribution >= 0.6 is 11.8 Å². The minimum absolute atomic E-state index is 0.114. The molecule has 0 unspecified atom stereocenters. The van der Waals surface area contributed by atoms with Gasteiger partial charge in [0, 0.05) is 35.4 Å². The largest absolute Gasteiger partial charge is 0.360 e. The van der Waals surface area contributed by atoms with Crippen LogP contribution in [-0.2, 0) is 11.8 Å². The van der Waals surface area contributed by atoms with Crippen LogP contribution in [0.1, 0.15) is 17.0 Å². The van der Waals surface area contributed by atoms with Crippen molar-refractivity contribution in [3.8, 4) is 17.1 Å². The summed E-state index contributed by atoms with van der Waals surface area (Å²) in [6.07, 6.45) is 1.95. The van der Waals surface area contributed by atoms with Gasteiger partial charge in [0.05, 0.1) is 22.8 Å². The summed E-state index contributed by atoms with van der Waals surface area (Å²) in [4.78, 5) is 16.1. The normalized spacial score (nSPS) is 11.3. The first-order valence-corrected chi connectivity index (χ1v) is 11.9. The number of H-pyrrole nitrogens is 1. The Hall–Kier alpha value is -3.85. The lowest BCUT2D eigenvalue weighted by molar-refractivity contribution is -0.113. The Morgan fingerprint density at radius 1 is 1.09 bits per heavy atom. The number of aryl methyl sites for hydroxylation is 3. The van der Waals surface area contributed by atoms with Gasteiger partial charge in [-0.3, -0.25) is 14.0 Å². The van der Waals surface area contributed by atoms with Gasteiger partial charge in [0.1, 0.15) is 0 Å².